The Bertz CT molecular complexity index is 1140. The number of amides is 2. The van der Waals surface area contributed by atoms with Crippen molar-refractivity contribution >= 4 is 12.0 Å². The molecule has 2 fully saturated rings. The highest BCUT2D eigenvalue weighted by molar-refractivity contribution is 5.78. The Morgan fingerprint density at radius 1 is 1.16 bits per heavy atom. The number of carboxylic acid groups (broad SMARTS) is 1. The van der Waals surface area contributed by atoms with Crippen LogP contribution in [-0.4, -0.2) is 76.3 Å². The molecule has 198 valence electrons. The quantitative estimate of drug-likeness (QED) is 0.516. The molecule has 0 saturated carbocycles. The molecule has 1 N–H and O–H groups in total. The van der Waals surface area contributed by atoms with Gasteiger partial charge < -0.3 is 24.4 Å². The van der Waals surface area contributed by atoms with Crippen LogP contribution in [0.2, 0.25) is 0 Å². The first-order valence-electron chi connectivity index (χ1n) is 12.6. The number of pyridine rings is 2. The van der Waals surface area contributed by atoms with Crippen LogP contribution in [0.3, 0.4) is 0 Å². The number of hydrogen-bond acceptors (Lipinski definition) is 6. The fourth-order valence-corrected chi connectivity index (χ4v) is 5.52. The van der Waals surface area contributed by atoms with Crippen molar-refractivity contribution in [3.05, 3.63) is 53.0 Å². The zero-order valence-electron chi connectivity index (χ0n) is 20.4. The van der Waals surface area contributed by atoms with Crippen molar-refractivity contribution in [1.82, 2.24) is 19.8 Å². The van der Waals surface area contributed by atoms with Gasteiger partial charge in [0.2, 0.25) is 5.88 Å². The summed E-state index contributed by atoms with van der Waals surface area (Å²) in [6.07, 6.45) is 6.09. The van der Waals surface area contributed by atoms with Gasteiger partial charge in [-0.3, -0.25) is 9.78 Å². The van der Waals surface area contributed by atoms with Crippen LogP contribution < -0.4 is 4.74 Å². The van der Waals surface area contributed by atoms with Gasteiger partial charge in [-0.05, 0) is 42.9 Å². The van der Waals surface area contributed by atoms with Gasteiger partial charge in [0.15, 0.2) is 0 Å². The molecule has 0 bridgehead atoms. The third-order valence-electron chi connectivity index (χ3n) is 7.36. The molecular weight excluding hydrogens is 486 g/mol. The van der Waals surface area contributed by atoms with Crippen LogP contribution in [0, 0.1) is 5.41 Å². The van der Waals surface area contributed by atoms with E-state index in [4.69, 9.17) is 9.72 Å². The highest BCUT2D eigenvalue weighted by atomic mass is 19.3. The lowest BCUT2D eigenvalue weighted by Gasteiger charge is -2.43. The van der Waals surface area contributed by atoms with Gasteiger partial charge in [0, 0.05) is 55.1 Å². The van der Waals surface area contributed by atoms with Crippen molar-refractivity contribution < 1.29 is 33.0 Å². The van der Waals surface area contributed by atoms with Crippen LogP contribution in [0.1, 0.15) is 47.8 Å². The van der Waals surface area contributed by atoms with E-state index < -0.39 is 18.6 Å². The van der Waals surface area contributed by atoms with E-state index in [9.17, 15) is 23.5 Å². The number of urea groups is 1. The number of halogens is 2. The standard InChI is InChI=1S/C26H30F2N4O5/c27-24(28)37-22-8-6-18(13-29-22)21(11-23(33)34)32-10-9-31(25(32)35)14-26(15-36-16-26)12-19-7-5-17-3-1-2-4-20(17)30-19/h5-8,13,21,24H,1-4,9-12,14-16H2,(H,33,34)/t21-/m0/s1. The van der Waals surface area contributed by atoms with E-state index in [1.54, 1.807) is 4.90 Å². The molecule has 11 heteroatoms. The third kappa shape index (κ3) is 5.66. The molecule has 0 spiro atoms. The lowest BCUT2D eigenvalue weighted by molar-refractivity contribution is -0.138. The molecule has 5 rings (SSSR count). The van der Waals surface area contributed by atoms with Crippen molar-refractivity contribution in [3.8, 4) is 5.88 Å². The van der Waals surface area contributed by atoms with E-state index in [2.05, 4.69) is 21.9 Å². The number of rotatable bonds is 10. The fraction of sp³-hybridized carbons (Fsp3) is 0.538. The maximum Gasteiger partial charge on any atom is 0.388 e. The minimum absolute atomic E-state index is 0.236. The molecule has 1 atom stereocenters. The minimum atomic E-state index is -3.01. The number of carbonyl (C=O) groups is 2. The summed E-state index contributed by atoms with van der Waals surface area (Å²) >= 11 is 0. The molecule has 0 aromatic carbocycles. The SMILES string of the molecule is O=C(O)C[C@@H](c1ccc(OC(F)F)nc1)N1CCN(CC2(Cc3ccc4c(n3)CCCC4)COC2)C1=O. The summed E-state index contributed by atoms with van der Waals surface area (Å²) in [6, 6.07) is 5.94. The normalized spacial score (nSPS) is 19.5. The molecular formula is C26H30F2N4O5. The van der Waals surface area contributed by atoms with Crippen LogP contribution in [0.5, 0.6) is 5.88 Å². The highest BCUT2D eigenvalue weighted by Gasteiger charge is 2.45. The highest BCUT2D eigenvalue weighted by Crippen LogP contribution is 2.36. The molecule has 2 aromatic rings. The Balaban J connectivity index is 1.28. The zero-order valence-corrected chi connectivity index (χ0v) is 20.4. The topological polar surface area (TPSA) is 105 Å². The first kappa shape index (κ1) is 25.3. The summed E-state index contributed by atoms with van der Waals surface area (Å²) in [5.74, 6) is -1.35. The van der Waals surface area contributed by atoms with E-state index in [1.165, 1.54) is 40.9 Å². The lowest BCUT2D eigenvalue weighted by Crippen LogP contribution is -2.53. The molecule has 2 saturated heterocycles. The van der Waals surface area contributed by atoms with Gasteiger partial charge in [0.1, 0.15) is 0 Å². The van der Waals surface area contributed by atoms with Crippen molar-refractivity contribution in [2.24, 2.45) is 5.41 Å². The number of aliphatic carboxylic acids is 1. The predicted molar refractivity (Wildman–Crippen MR) is 127 cm³/mol. The van der Waals surface area contributed by atoms with Crippen molar-refractivity contribution in [3.63, 3.8) is 0 Å². The van der Waals surface area contributed by atoms with E-state index in [1.807, 2.05) is 0 Å². The molecule has 37 heavy (non-hydrogen) atoms. The number of aryl methyl sites for hydroxylation is 2. The van der Waals surface area contributed by atoms with Crippen molar-refractivity contribution in [1.29, 1.82) is 0 Å². The third-order valence-corrected chi connectivity index (χ3v) is 7.36. The van der Waals surface area contributed by atoms with Gasteiger partial charge in [-0.25, -0.2) is 9.78 Å². The molecule has 0 radical (unpaired) electrons. The maximum absolute atomic E-state index is 13.4. The lowest BCUT2D eigenvalue weighted by atomic mass is 9.80. The number of nitrogens with zero attached hydrogens (tertiary/aromatic N) is 4. The summed E-state index contributed by atoms with van der Waals surface area (Å²) in [6.45, 7) is -0.664. The number of alkyl halides is 2. The largest absolute Gasteiger partial charge is 0.481 e. The van der Waals surface area contributed by atoms with Gasteiger partial charge >= 0.3 is 18.6 Å². The smallest absolute Gasteiger partial charge is 0.388 e. The van der Waals surface area contributed by atoms with Gasteiger partial charge in [0.25, 0.3) is 0 Å². The average Bonchev–Trinajstić information content (AvgIpc) is 3.20. The number of carboxylic acids is 1. The number of carbonyl (C=O) groups excluding carboxylic acids is 1. The number of fused-ring (bicyclic) bond motifs is 1. The molecule has 0 unspecified atom stereocenters. The predicted octanol–water partition coefficient (Wildman–Crippen LogP) is 3.47. The molecule has 2 aliphatic heterocycles. The Morgan fingerprint density at radius 3 is 2.65 bits per heavy atom. The second-order valence-corrected chi connectivity index (χ2v) is 10.1. The van der Waals surface area contributed by atoms with Crippen molar-refractivity contribution in [2.45, 2.75) is 51.2 Å². The molecule has 9 nitrogen and oxygen atoms in total. The Kier molecular flexibility index (Phi) is 7.23. The summed E-state index contributed by atoms with van der Waals surface area (Å²) in [5.41, 5.74) is 3.72. The summed E-state index contributed by atoms with van der Waals surface area (Å²) in [7, 11) is 0. The first-order valence-corrected chi connectivity index (χ1v) is 12.6. The fourth-order valence-electron chi connectivity index (χ4n) is 5.52. The number of ether oxygens (including phenoxy) is 2. The average molecular weight is 517 g/mol. The van der Waals surface area contributed by atoms with Crippen LogP contribution in [0.4, 0.5) is 13.6 Å². The van der Waals surface area contributed by atoms with E-state index in [0.717, 1.165) is 25.0 Å². The Hall–Kier alpha value is -3.34. The van der Waals surface area contributed by atoms with Crippen molar-refractivity contribution in [2.75, 3.05) is 32.8 Å². The maximum atomic E-state index is 13.4. The van der Waals surface area contributed by atoms with E-state index >= 15 is 0 Å². The van der Waals surface area contributed by atoms with E-state index in [0.29, 0.717) is 44.8 Å². The van der Waals surface area contributed by atoms with Crippen LogP contribution in [0.25, 0.3) is 0 Å². The molecule has 3 aliphatic rings. The summed E-state index contributed by atoms with van der Waals surface area (Å²) in [5, 5.41) is 9.49. The van der Waals surface area contributed by atoms with Crippen LogP contribution >= 0.6 is 0 Å². The minimum Gasteiger partial charge on any atom is -0.481 e. The van der Waals surface area contributed by atoms with E-state index in [-0.39, 0.29) is 23.7 Å². The van der Waals surface area contributed by atoms with Gasteiger partial charge in [-0.2, -0.15) is 8.78 Å². The van der Waals surface area contributed by atoms with Crippen LogP contribution in [0.15, 0.2) is 30.5 Å². The van der Waals surface area contributed by atoms with Gasteiger partial charge in [0.05, 0.1) is 25.7 Å². The van der Waals surface area contributed by atoms with Gasteiger partial charge in [-0.15, -0.1) is 0 Å². The summed E-state index contributed by atoms with van der Waals surface area (Å²) in [4.78, 5) is 37.1. The Morgan fingerprint density at radius 2 is 1.97 bits per heavy atom. The Labute approximate surface area is 213 Å². The second kappa shape index (κ2) is 10.6. The zero-order chi connectivity index (χ0) is 26.0. The number of hydrogen-bond donors (Lipinski definition) is 1. The first-order chi connectivity index (χ1) is 17.8. The number of aromatic nitrogens is 2. The molecule has 1 aliphatic carbocycles. The summed E-state index contributed by atoms with van der Waals surface area (Å²) < 4.78 is 34.8. The van der Waals surface area contributed by atoms with Gasteiger partial charge in [-0.1, -0.05) is 12.1 Å². The molecule has 2 amide bonds. The van der Waals surface area contributed by atoms with Crippen LogP contribution in [-0.2, 0) is 28.8 Å². The monoisotopic (exact) mass is 516 g/mol. The second-order valence-electron chi connectivity index (χ2n) is 10.1. The molecule has 4 heterocycles. The molecule has 2 aromatic heterocycles.